The summed E-state index contributed by atoms with van der Waals surface area (Å²) in [6.45, 7) is 1.07. The summed E-state index contributed by atoms with van der Waals surface area (Å²) in [5, 5.41) is 2.95. The van der Waals surface area contributed by atoms with Crippen LogP contribution in [0.3, 0.4) is 0 Å². The first kappa shape index (κ1) is 20.4. The molecule has 2 aromatic carbocycles. The van der Waals surface area contributed by atoms with E-state index in [1.54, 1.807) is 12.1 Å². The van der Waals surface area contributed by atoms with Crippen molar-refractivity contribution < 1.29 is 9.53 Å². The lowest BCUT2D eigenvalue weighted by atomic mass is 9.98. The molecular weight excluding hydrogens is 348 g/mol. The molecule has 1 saturated carbocycles. The third kappa shape index (κ3) is 5.84. The molecule has 0 spiro atoms. The van der Waals surface area contributed by atoms with E-state index in [-0.39, 0.29) is 18.3 Å². The summed E-state index contributed by atoms with van der Waals surface area (Å²) in [6.07, 6.45) is 6.57. The van der Waals surface area contributed by atoms with Gasteiger partial charge in [-0.3, -0.25) is 4.79 Å². The summed E-state index contributed by atoms with van der Waals surface area (Å²) in [5.74, 6) is -0.117. The van der Waals surface area contributed by atoms with Gasteiger partial charge in [0, 0.05) is 17.8 Å². The molecule has 3 N–H and O–H groups in total. The van der Waals surface area contributed by atoms with Gasteiger partial charge in [-0.1, -0.05) is 43.5 Å². The Bertz CT molecular complexity index is 697. The largest absolute Gasteiger partial charge is 0.374 e. The van der Waals surface area contributed by atoms with Gasteiger partial charge in [-0.2, -0.15) is 0 Å². The van der Waals surface area contributed by atoms with Crippen LogP contribution in [0.5, 0.6) is 0 Å². The first-order valence-corrected chi connectivity index (χ1v) is 9.05. The zero-order valence-corrected chi connectivity index (χ0v) is 15.8. The quantitative estimate of drug-likeness (QED) is 0.772. The minimum Gasteiger partial charge on any atom is -0.374 e. The molecule has 0 heterocycles. The van der Waals surface area contributed by atoms with Crippen LogP contribution in [0.25, 0.3) is 0 Å². The van der Waals surface area contributed by atoms with E-state index < -0.39 is 0 Å². The molecule has 5 heteroatoms. The van der Waals surface area contributed by atoms with Crippen LogP contribution in [0.2, 0.25) is 0 Å². The number of hydrogen-bond acceptors (Lipinski definition) is 3. The Morgan fingerprint density at radius 1 is 1.04 bits per heavy atom. The molecule has 3 rings (SSSR count). The number of benzene rings is 2. The van der Waals surface area contributed by atoms with Gasteiger partial charge in [-0.25, -0.2) is 0 Å². The molecule has 0 atom stereocenters. The summed E-state index contributed by atoms with van der Waals surface area (Å²) < 4.78 is 6.01. The predicted molar refractivity (Wildman–Crippen MR) is 108 cm³/mol. The highest BCUT2D eigenvalue weighted by Crippen LogP contribution is 2.22. The van der Waals surface area contributed by atoms with E-state index in [1.807, 2.05) is 36.4 Å². The van der Waals surface area contributed by atoms with E-state index in [9.17, 15) is 4.79 Å². The molecule has 140 valence electrons. The maximum atomic E-state index is 12.4. The van der Waals surface area contributed by atoms with Gasteiger partial charge in [-0.15, -0.1) is 12.4 Å². The Labute approximate surface area is 161 Å². The number of anilines is 1. The minimum absolute atomic E-state index is 0. The van der Waals surface area contributed by atoms with Gasteiger partial charge < -0.3 is 15.8 Å². The highest BCUT2D eigenvalue weighted by atomic mass is 35.5. The average molecular weight is 375 g/mol. The molecule has 4 nitrogen and oxygen atoms in total. The van der Waals surface area contributed by atoms with Crippen molar-refractivity contribution in [2.45, 2.75) is 51.4 Å². The van der Waals surface area contributed by atoms with Crippen molar-refractivity contribution in [1.82, 2.24) is 0 Å². The van der Waals surface area contributed by atoms with E-state index in [0.717, 1.165) is 29.7 Å². The van der Waals surface area contributed by atoms with Gasteiger partial charge in [0.05, 0.1) is 12.7 Å². The molecule has 0 saturated heterocycles. The summed E-state index contributed by atoms with van der Waals surface area (Å²) in [5.41, 5.74) is 9.10. The van der Waals surface area contributed by atoms with Crippen LogP contribution in [-0.4, -0.2) is 12.0 Å². The lowest BCUT2D eigenvalue weighted by Gasteiger charge is -2.22. The maximum Gasteiger partial charge on any atom is 0.255 e. The molecule has 26 heavy (non-hydrogen) atoms. The van der Waals surface area contributed by atoms with Gasteiger partial charge in [0.25, 0.3) is 5.91 Å². The SMILES string of the molecule is Cl.NCc1ccc(C(=O)Nc2cccc(COC3CCCCC3)c2)cc1. The van der Waals surface area contributed by atoms with Crippen LogP contribution in [0.15, 0.2) is 48.5 Å². The number of carbonyl (C=O) groups is 1. The van der Waals surface area contributed by atoms with Crippen LogP contribution in [0.1, 0.15) is 53.6 Å². The van der Waals surface area contributed by atoms with Crippen molar-refractivity contribution >= 4 is 24.0 Å². The summed E-state index contributed by atoms with van der Waals surface area (Å²) >= 11 is 0. The number of nitrogens with one attached hydrogen (secondary N) is 1. The highest BCUT2D eigenvalue weighted by Gasteiger charge is 2.13. The minimum atomic E-state index is -0.117. The standard InChI is InChI=1S/C21H26N2O2.ClH/c22-14-16-9-11-18(12-10-16)21(24)23-19-6-4-5-17(13-19)15-25-20-7-2-1-3-8-20;/h4-6,9-13,20H,1-3,7-8,14-15,22H2,(H,23,24);1H. The van der Waals surface area contributed by atoms with E-state index in [2.05, 4.69) is 5.32 Å². The smallest absolute Gasteiger partial charge is 0.255 e. The fourth-order valence-electron chi connectivity index (χ4n) is 3.18. The summed E-state index contributed by atoms with van der Waals surface area (Å²) in [4.78, 5) is 12.4. The van der Waals surface area contributed by atoms with Crippen molar-refractivity contribution in [3.05, 3.63) is 65.2 Å². The lowest BCUT2D eigenvalue weighted by molar-refractivity contribution is 0.0169. The van der Waals surface area contributed by atoms with Crippen LogP contribution < -0.4 is 11.1 Å². The van der Waals surface area contributed by atoms with Crippen LogP contribution >= 0.6 is 12.4 Å². The number of amides is 1. The van der Waals surface area contributed by atoms with Crippen molar-refractivity contribution in [2.24, 2.45) is 5.73 Å². The molecule has 0 radical (unpaired) electrons. The Kier molecular flexibility index (Phi) is 8.10. The number of carbonyl (C=O) groups excluding carboxylic acids is 1. The lowest BCUT2D eigenvalue weighted by Crippen LogP contribution is -2.16. The molecule has 1 aliphatic carbocycles. The van der Waals surface area contributed by atoms with E-state index in [1.165, 1.54) is 19.3 Å². The zero-order valence-electron chi connectivity index (χ0n) is 14.9. The molecule has 1 fully saturated rings. The van der Waals surface area contributed by atoms with Gasteiger partial charge in [-0.05, 0) is 48.2 Å². The Morgan fingerprint density at radius 3 is 2.46 bits per heavy atom. The maximum absolute atomic E-state index is 12.4. The van der Waals surface area contributed by atoms with Crippen molar-refractivity contribution in [3.63, 3.8) is 0 Å². The second kappa shape index (κ2) is 10.3. The van der Waals surface area contributed by atoms with Gasteiger partial charge in [0.1, 0.15) is 0 Å². The van der Waals surface area contributed by atoms with Gasteiger partial charge in [0.15, 0.2) is 0 Å². The first-order chi connectivity index (χ1) is 12.2. The monoisotopic (exact) mass is 374 g/mol. The molecule has 1 aliphatic rings. The predicted octanol–water partition coefficient (Wildman–Crippen LogP) is 4.67. The second-order valence-corrected chi connectivity index (χ2v) is 6.63. The summed E-state index contributed by atoms with van der Waals surface area (Å²) in [7, 11) is 0. The fraction of sp³-hybridized carbons (Fsp3) is 0.381. The Balaban J connectivity index is 0.00000243. The topological polar surface area (TPSA) is 64.4 Å². The Hall–Kier alpha value is -1.88. The molecule has 0 aromatic heterocycles. The number of ether oxygens (including phenoxy) is 1. The van der Waals surface area contributed by atoms with Crippen molar-refractivity contribution in [3.8, 4) is 0 Å². The zero-order chi connectivity index (χ0) is 17.5. The van der Waals surface area contributed by atoms with E-state index in [4.69, 9.17) is 10.5 Å². The fourth-order valence-corrected chi connectivity index (χ4v) is 3.18. The molecular formula is C21H27ClN2O2. The third-order valence-electron chi connectivity index (χ3n) is 4.67. The Morgan fingerprint density at radius 2 is 1.77 bits per heavy atom. The molecule has 0 unspecified atom stereocenters. The van der Waals surface area contributed by atoms with E-state index in [0.29, 0.717) is 24.8 Å². The number of nitrogens with two attached hydrogens (primary N) is 1. The second-order valence-electron chi connectivity index (χ2n) is 6.63. The third-order valence-corrected chi connectivity index (χ3v) is 4.67. The first-order valence-electron chi connectivity index (χ1n) is 9.05. The highest BCUT2D eigenvalue weighted by molar-refractivity contribution is 6.04. The molecule has 0 bridgehead atoms. The van der Waals surface area contributed by atoms with Crippen LogP contribution in [0.4, 0.5) is 5.69 Å². The normalized spacial score (nSPS) is 14.5. The summed E-state index contributed by atoms with van der Waals surface area (Å²) in [6, 6.07) is 15.2. The molecule has 1 amide bonds. The molecule has 0 aliphatic heterocycles. The molecule has 2 aromatic rings. The number of rotatable bonds is 6. The van der Waals surface area contributed by atoms with E-state index >= 15 is 0 Å². The average Bonchev–Trinajstić information content (AvgIpc) is 2.67. The van der Waals surface area contributed by atoms with Crippen molar-refractivity contribution in [1.29, 1.82) is 0 Å². The van der Waals surface area contributed by atoms with Gasteiger partial charge >= 0.3 is 0 Å². The van der Waals surface area contributed by atoms with Gasteiger partial charge in [0.2, 0.25) is 0 Å². The van der Waals surface area contributed by atoms with Crippen molar-refractivity contribution in [2.75, 3.05) is 5.32 Å². The van der Waals surface area contributed by atoms with Crippen LogP contribution in [0, 0.1) is 0 Å². The van der Waals surface area contributed by atoms with Crippen LogP contribution in [-0.2, 0) is 17.9 Å². The number of halogens is 1. The number of hydrogen-bond donors (Lipinski definition) is 2.